The standard InChI is InChI=1S/C34H22N2/c1-5-21-13-14-22-6-2-10-28-32(22)31(21)27(9-1)35(28)25-17-19-26(20-18-25)36-29-11-3-7-23-15-16-24-8-4-12-30(36)34(24)33(23)29/h1-14,17-20H,15-16H2. The largest absolute Gasteiger partial charge is 0.309 e. The van der Waals surface area contributed by atoms with Gasteiger partial charge in [-0.3, -0.25) is 0 Å². The quantitative estimate of drug-likeness (QED) is 0.230. The van der Waals surface area contributed by atoms with E-state index in [0.29, 0.717) is 0 Å². The first-order valence-corrected chi connectivity index (χ1v) is 12.8. The number of benzene rings is 6. The average Bonchev–Trinajstić information content (AvgIpc) is 3.46. The van der Waals surface area contributed by atoms with Gasteiger partial charge in [0.2, 0.25) is 0 Å². The molecular formula is C34H22N2. The Bertz CT molecular complexity index is 2010. The highest BCUT2D eigenvalue weighted by atomic mass is 15.0. The van der Waals surface area contributed by atoms with E-state index in [1.807, 2.05) is 0 Å². The van der Waals surface area contributed by atoms with Crippen LogP contribution >= 0.6 is 0 Å². The van der Waals surface area contributed by atoms with Crippen molar-refractivity contribution in [3.8, 4) is 11.4 Å². The van der Waals surface area contributed by atoms with Crippen molar-refractivity contribution in [1.82, 2.24) is 9.13 Å². The average molecular weight is 459 g/mol. The lowest BCUT2D eigenvalue weighted by Gasteiger charge is -2.12. The monoisotopic (exact) mass is 458 g/mol. The third-order valence-corrected chi connectivity index (χ3v) is 8.34. The van der Waals surface area contributed by atoms with Crippen molar-refractivity contribution in [2.75, 3.05) is 0 Å². The molecule has 0 spiro atoms. The second kappa shape index (κ2) is 6.56. The van der Waals surface area contributed by atoms with Crippen LogP contribution in [0.5, 0.6) is 0 Å². The molecule has 2 nitrogen and oxygen atoms in total. The van der Waals surface area contributed by atoms with Crippen molar-refractivity contribution in [1.29, 1.82) is 0 Å². The fourth-order valence-electron chi connectivity index (χ4n) is 6.87. The molecule has 2 heterocycles. The highest BCUT2D eigenvalue weighted by Gasteiger charge is 2.21. The van der Waals surface area contributed by atoms with Gasteiger partial charge in [-0.25, -0.2) is 0 Å². The molecule has 6 aromatic carbocycles. The van der Waals surface area contributed by atoms with Gasteiger partial charge in [0, 0.05) is 32.9 Å². The van der Waals surface area contributed by atoms with E-state index in [1.54, 1.807) is 0 Å². The third kappa shape index (κ3) is 2.23. The van der Waals surface area contributed by atoms with Gasteiger partial charge in [0.05, 0.1) is 22.1 Å². The third-order valence-electron chi connectivity index (χ3n) is 8.34. The van der Waals surface area contributed by atoms with Crippen LogP contribution in [0.2, 0.25) is 0 Å². The van der Waals surface area contributed by atoms with Gasteiger partial charge in [0.1, 0.15) is 0 Å². The Labute approximate surface area is 207 Å². The van der Waals surface area contributed by atoms with E-state index in [1.165, 1.54) is 76.9 Å². The maximum Gasteiger partial charge on any atom is 0.0547 e. The van der Waals surface area contributed by atoms with Crippen molar-refractivity contribution in [2.45, 2.75) is 12.8 Å². The Morgan fingerprint density at radius 2 is 0.750 bits per heavy atom. The van der Waals surface area contributed by atoms with Crippen molar-refractivity contribution >= 4 is 54.4 Å². The SMILES string of the molecule is c1cc2c3c4c(cccc4n(-c4ccc(-n5c6cccc7ccc8cccc5c8c76)cc4)c3c1)CC2. The molecule has 8 aromatic rings. The fraction of sp³-hybridized carbons (Fsp3) is 0.0588. The first-order chi connectivity index (χ1) is 17.9. The molecule has 168 valence electrons. The zero-order valence-corrected chi connectivity index (χ0v) is 19.7. The second-order valence-electron chi connectivity index (χ2n) is 10.1. The summed E-state index contributed by atoms with van der Waals surface area (Å²) in [6.07, 6.45) is 2.25. The molecule has 0 amide bonds. The summed E-state index contributed by atoms with van der Waals surface area (Å²) in [4.78, 5) is 0. The Morgan fingerprint density at radius 1 is 0.361 bits per heavy atom. The van der Waals surface area contributed by atoms with Gasteiger partial charge >= 0.3 is 0 Å². The van der Waals surface area contributed by atoms with E-state index in [0.717, 1.165) is 12.8 Å². The first-order valence-electron chi connectivity index (χ1n) is 12.8. The van der Waals surface area contributed by atoms with E-state index in [9.17, 15) is 0 Å². The summed E-state index contributed by atoms with van der Waals surface area (Å²) < 4.78 is 4.87. The molecule has 2 aromatic heterocycles. The minimum Gasteiger partial charge on any atom is -0.309 e. The summed E-state index contributed by atoms with van der Waals surface area (Å²) in [5.41, 5.74) is 10.5. The minimum atomic E-state index is 1.12. The molecule has 0 N–H and O–H groups in total. The van der Waals surface area contributed by atoms with Crippen molar-refractivity contribution in [2.24, 2.45) is 0 Å². The number of aryl methyl sites for hydroxylation is 2. The summed E-state index contributed by atoms with van der Waals surface area (Å²) in [6, 6.07) is 40.5. The maximum absolute atomic E-state index is 2.45. The van der Waals surface area contributed by atoms with Crippen LogP contribution in [-0.4, -0.2) is 9.13 Å². The number of rotatable bonds is 2. The van der Waals surface area contributed by atoms with Crippen LogP contribution in [-0.2, 0) is 12.8 Å². The van der Waals surface area contributed by atoms with E-state index < -0.39 is 0 Å². The van der Waals surface area contributed by atoms with Gasteiger partial charge in [-0.1, -0.05) is 60.7 Å². The van der Waals surface area contributed by atoms with Crippen molar-refractivity contribution < 1.29 is 0 Å². The first kappa shape index (κ1) is 18.7. The van der Waals surface area contributed by atoms with Gasteiger partial charge in [-0.2, -0.15) is 0 Å². The predicted octanol–water partition coefficient (Wildman–Crippen LogP) is 8.57. The normalized spacial score (nSPS) is 13.3. The summed E-state index contributed by atoms with van der Waals surface area (Å²) in [7, 11) is 0. The summed E-state index contributed by atoms with van der Waals surface area (Å²) in [5, 5.41) is 8.19. The predicted molar refractivity (Wildman–Crippen MR) is 151 cm³/mol. The molecule has 0 unspecified atom stereocenters. The van der Waals surface area contributed by atoms with E-state index >= 15 is 0 Å². The number of nitrogens with zero attached hydrogens (tertiary/aromatic N) is 2. The number of hydrogen-bond donors (Lipinski definition) is 0. The molecule has 0 saturated carbocycles. The molecule has 0 saturated heterocycles. The highest BCUT2D eigenvalue weighted by molar-refractivity contribution is 6.24. The molecular weight excluding hydrogens is 436 g/mol. The van der Waals surface area contributed by atoms with Gasteiger partial charge in [0.25, 0.3) is 0 Å². The van der Waals surface area contributed by atoms with Gasteiger partial charge in [0.15, 0.2) is 0 Å². The van der Waals surface area contributed by atoms with Crippen LogP contribution < -0.4 is 0 Å². The van der Waals surface area contributed by atoms with Crippen LogP contribution in [0.3, 0.4) is 0 Å². The lowest BCUT2D eigenvalue weighted by molar-refractivity contribution is 0.969. The summed E-state index contributed by atoms with van der Waals surface area (Å²) >= 11 is 0. The maximum atomic E-state index is 2.45. The molecule has 0 aliphatic heterocycles. The molecule has 0 radical (unpaired) electrons. The smallest absolute Gasteiger partial charge is 0.0547 e. The molecule has 1 aliphatic carbocycles. The van der Waals surface area contributed by atoms with E-state index in [-0.39, 0.29) is 0 Å². The van der Waals surface area contributed by atoms with Crippen LogP contribution in [0.1, 0.15) is 11.1 Å². The van der Waals surface area contributed by atoms with Crippen molar-refractivity contribution in [3.63, 3.8) is 0 Å². The fourth-order valence-corrected chi connectivity index (χ4v) is 6.87. The number of aromatic nitrogens is 2. The Kier molecular flexibility index (Phi) is 3.41. The van der Waals surface area contributed by atoms with Crippen molar-refractivity contribution in [3.05, 3.63) is 120 Å². The van der Waals surface area contributed by atoms with Crippen LogP contribution in [0.4, 0.5) is 0 Å². The van der Waals surface area contributed by atoms with Crippen LogP contribution in [0.15, 0.2) is 109 Å². The summed E-state index contributed by atoms with van der Waals surface area (Å²) in [6.45, 7) is 0. The Balaban J connectivity index is 1.31. The van der Waals surface area contributed by atoms with Crippen LogP contribution in [0.25, 0.3) is 65.8 Å². The highest BCUT2D eigenvalue weighted by Crippen LogP contribution is 2.41. The minimum absolute atomic E-state index is 1.12. The van der Waals surface area contributed by atoms with E-state index in [2.05, 4.69) is 118 Å². The number of hydrogen-bond acceptors (Lipinski definition) is 0. The van der Waals surface area contributed by atoms with Gasteiger partial charge in [-0.05, 0) is 83.3 Å². The lowest BCUT2D eigenvalue weighted by Crippen LogP contribution is -1.97. The molecule has 0 bridgehead atoms. The van der Waals surface area contributed by atoms with Crippen LogP contribution in [0, 0.1) is 0 Å². The Hall–Kier alpha value is -4.56. The molecule has 9 rings (SSSR count). The molecule has 36 heavy (non-hydrogen) atoms. The molecule has 2 heteroatoms. The van der Waals surface area contributed by atoms with Gasteiger partial charge in [-0.15, -0.1) is 0 Å². The summed E-state index contributed by atoms with van der Waals surface area (Å²) in [5.74, 6) is 0. The molecule has 0 atom stereocenters. The van der Waals surface area contributed by atoms with Gasteiger partial charge < -0.3 is 9.13 Å². The lowest BCUT2D eigenvalue weighted by atomic mass is 9.91. The zero-order valence-electron chi connectivity index (χ0n) is 19.7. The van der Waals surface area contributed by atoms with E-state index in [4.69, 9.17) is 0 Å². The Morgan fingerprint density at radius 3 is 1.19 bits per heavy atom. The molecule has 0 fully saturated rings. The zero-order chi connectivity index (χ0) is 23.4. The second-order valence-corrected chi connectivity index (χ2v) is 10.1. The topological polar surface area (TPSA) is 9.86 Å². The molecule has 1 aliphatic rings.